The minimum atomic E-state index is -0.990. The molecule has 102 valence electrons. The number of rotatable bonds is 7. The minimum absolute atomic E-state index is 0.0507. The maximum absolute atomic E-state index is 11.3. The summed E-state index contributed by atoms with van der Waals surface area (Å²) in [4.78, 5) is 21.8. The van der Waals surface area contributed by atoms with E-state index < -0.39 is 5.97 Å². The van der Waals surface area contributed by atoms with Crippen LogP contribution in [0.15, 0.2) is 30.3 Å². The number of carbonyl (C=O) groups excluding carboxylic acids is 1. The molecule has 1 aromatic rings. The zero-order valence-corrected chi connectivity index (χ0v) is 10.8. The Morgan fingerprint density at radius 3 is 2.89 bits per heavy atom. The molecule has 0 radical (unpaired) electrons. The third kappa shape index (κ3) is 6.38. The minimum Gasteiger partial charge on any atom is -0.478 e. The average Bonchev–Trinajstić information content (AvgIpc) is 2.41. The van der Waals surface area contributed by atoms with E-state index in [1.165, 1.54) is 6.08 Å². The highest BCUT2D eigenvalue weighted by Crippen LogP contribution is 2.07. The van der Waals surface area contributed by atoms with Gasteiger partial charge in [0, 0.05) is 19.2 Å². The molecule has 0 saturated heterocycles. The van der Waals surface area contributed by atoms with E-state index in [-0.39, 0.29) is 12.5 Å². The zero-order chi connectivity index (χ0) is 14.1. The van der Waals surface area contributed by atoms with Crippen LogP contribution < -0.4 is 5.32 Å². The summed E-state index contributed by atoms with van der Waals surface area (Å²) in [5.41, 5.74) is 1.68. The molecule has 0 bridgehead atoms. The number of nitrogens with one attached hydrogen (secondary N) is 1. The molecule has 1 aromatic carbocycles. The molecule has 0 unspecified atom stereocenters. The number of hydrogen-bond donors (Lipinski definition) is 2. The molecule has 0 atom stereocenters. The highest BCUT2D eigenvalue weighted by atomic mass is 16.5. The molecule has 0 heterocycles. The van der Waals surface area contributed by atoms with E-state index in [9.17, 15) is 9.59 Å². The molecule has 2 N–H and O–H groups in total. The van der Waals surface area contributed by atoms with Gasteiger partial charge in [-0.25, -0.2) is 4.79 Å². The van der Waals surface area contributed by atoms with Crippen molar-refractivity contribution in [1.29, 1.82) is 0 Å². The molecule has 0 aliphatic rings. The van der Waals surface area contributed by atoms with Gasteiger partial charge in [-0.15, -0.1) is 0 Å². The molecule has 0 spiro atoms. The van der Waals surface area contributed by atoms with E-state index in [0.29, 0.717) is 13.2 Å². The summed E-state index contributed by atoms with van der Waals surface area (Å²) in [5.74, 6) is -1.16. The molecular formula is C14H17NO4. The molecule has 5 heteroatoms. The number of carboxylic acids is 1. The first kappa shape index (κ1) is 14.9. The van der Waals surface area contributed by atoms with E-state index in [1.807, 2.05) is 25.1 Å². The van der Waals surface area contributed by atoms with Crippen LogP contribution >= 0.6 is 0 Å². The number of amides is 1. The fourth-order valence-electron chi connectivity index (χ4n) is 1.42. The highest BCUT2D eigenvalue weighted by Gasteiger charge is 2.01. The van der Waals surface area contributed by atoms with Crippen molar-refractivity contribution in [3.8, 4) is 0 Å². The number of aliphatic carboxylic acids is 1. The van der Waals surface area contributed by atoms with Gasteiger partial charge in [-0.2, -0.15) is 0 Å². The van der Waals surface area contributed by atoms with E-state index >= 15 is 0 Å². The van der Waals surface area contributed by atoms with Crippen LogP contribution in [0.5, 0.6) is 0 Å². The van der Waals surface area contributed by atoms with Crippen molar-refractivity contribution in [3.63, 3.8) is 0 Å². The average molecular weight is 263 g/mol. The van der Waals surface area contributed by atoms with E-state index in [1.54, 1.807) is 6.07 Å². The van der Waals surface area contributed by atoms with Gasteiger partial charge in [0.05, 0.1) is 0 Å². The second-order valence-electron chi connectivity index (χ2n) is 3.83. The van der Waals surface area contributed by atoms with Crippen molar-refractivity contribution in [1.82, 2.24) is 5.32 Å². The standard InChI is InChI=1S/C14H17NO4/c1-2-19-10-13(16)15-9-12-5-3-4-11(8-12)6-7-14(17)18/h3-8H,2,9-10H2,1H3,(H,15,16)(H,17,18). The van der Waals surface area contributed by atoms with Gasteiger partial charge in [0.15, 0.2) is 0 Å². The summed E-state index contributed by atoms with van der Waals surface area (Å²) < 4.78 is 4.98. The number of carbonyl (C=O) groups is 2. The first-order chi connectivity index (χ1) is 9.11. The lowest BCUT2D eigenvalue weighted by Crippen LogP contribution is -2.27. The Kier molecular flexibility index (Phi) is 6.32. The Bertz CT molecular complexity index is 468. The van der Waals surface area contributed by atoms with Gasteiger partial charge in [0.25, 0.3) is 0 Å². The Morgan fingerprint density at radius 1 is 1.42 bits per heavy atom. The Hall–Kier alpha value is -2.14. The van der Waals surface area contributed by atoms with Crippen LogP contribution in [0.2, 0.25) is 0 Å². The second-order valence-corrected chi connectivity index (χ2v) is 3.83. The van der Waals surface area contributed by atoms with Gasteiger partial charge in [0.2, 0.25) is 5.91 Å². The van der Waals surface area contributed by atoms with Gasteiger partial charge < -0.3 is 15.2 Å². The lowest BCUT2D eigenvalue weighted by molar-refractivity contribution is -0.131. The predicted molar refractivity (Wildman–Crippen MR) is 71.5 cm³/mol. The van der Waals surface area contributed by atoms with Crippen LogP contribution in [-0.2, 0) is 20.9 Å². The van der Waals surface area contributed by atoms with Crippen LogP contribution in [0.25, 0.3) is 6.08 Å². The van der Waals surface area contributed by atoms with E-state index in [4.69, 9.17) is 9.84 Å². The first-order valence-electron chi connectivity index (χ1n) is 5.96. The third-order valence-corrected chi connectivity index (χ3v) is 2.30. The summed E-state index contributed by atoms with van der Waals surface area (Å²) in [6.45, 7) is 2.77. The number of carboxylic acid groups (broad SMARTS) is 1. The lowest BCUT2D eigenvalue weighted by atomic mass is 10.1. The molecule has 5 nitrogen and oxygen atoms in total. The summed E-state index contributed by atoms with van der Waals surface area (Å²) in [6, 6.07) is 7.29. The number of hydrogen-bond acceptors (Lipinski definition) is 3. The smallest absolute Gasteiger partial charge is 0.328 e. The van der Waals surface area contributed by atoms with Crippen molar-refractivity contribution < 1.29 is 19.4 Å². The fraction of sp³-hybridized carbons (Fsp3) is 0.286. The summed E-state index contributed by atoms with van der Waals surface area (Å²) in [5, 5.41) is 11.3. The van der Waals surface area contributed by atoms with Gasteiger partial charge in [-0.3, -0.25) is 4.79 Å². The van der Waals surface area contributed by atoms with Gasteiger partial charge in [-0.05, 0) is 30.2 Å². The summed E-state index contributed by atoms with van der Waals surface area (Å²) >= 11 is 0. The molecule has 0 saturated carbocycles. The maximum Gasteiger partial charge on any atom is 0.328 e. The molecule has 1 rings (SSSR count). The predicted octanol–water partition coefficient (Wildman–Crippen LogP) is 1.44. The van der Waals surface area contributed by atoms with Crippen molar-refractivity contribution in [3.05, 3.63) is 41.5 Å². The molecule has 0 fully saturated rings. The molecule has 19 heavy (non-hydrogen) atoms. The van der Waals surface area contributed by atoms with Crippen LogP contribution in [0.1, 0.15) is 18.1 Å². The molecule has 0 aliphatic carbocycles. The monoisotopic (exact) mass is 263 g/mol. The molecule has 0 aromatic heterocycles. The highest BCUT2D eigenvalue weighted by molar-refractivity contribution is 5.85. The van der Waals surface area contributed by atoms with Gasteiger partial charge in [0.1, 0.15) is 6.61 Å². The normalized spacial score (nSPS) is 10.6. The van der Waals surface area contributed by atoms with Crippen LogP contribution in [-0.4, -0.2) is 30.2 Å². The quantitative estimate of drug-likeness (QED) is 0.730. The summed E-state index contributed by atoms with van der Waals surface area (Å²) in [6.07, 6.45) is 2.58. The van der Waals surface area contributed by atoms with Crippen LogP contribution in [0, 0.1) is 0 Å². The Morgan fingerprint density at radius 2 is 2.21 bits per heavy atom. The molecule has 1 amide bonds. The largest absolute Gasteiger partial charge is 0.478 e. The maximum atomic E-state index is 11.3. The second kappa shape index (κ2) is 8.05. The van der Waals surface area contributed by atoms with Crippen LogP contribution in [0.3, 0.4) is 0 Å². The van der Waals surface area contributed by atoms with Crippen molar-refractivity contribution in [2.24, 2.45) is 0 Å². The van der Waals surface area contributed by atoms with Gasteiger partial charge >= 0.3 is 5.97 Å². The third-order valence-electron chi connectivity index (χ3n) is 2.30. The first-order valence-corrected chi connectivity index (χ1v) is 5.96. The lowest BCUT2D eigenvalue weighted by Gasteiger charge is -2.06. The molecular weight excluding hydrogens is 246 g/mol. The number of benzene rings is 1. The number of ether oxygens (including phenoxy) is 1. The SMILES string of the molecule is CCOCC(=O)NCc1cccc(C=CC(=O)O)c1. The summed E-state index contributed by atoms with van der Waals surface area (Å²) in [7, 11) is 0. The van der Waals surface area contributed by atoms with Crippen molar-refractivity contribution in [2.75, 3.05) is 13.2 Å². The Labute approximate surface area is 111 Å². The Balaban J connectivity index is 2.52. The van der Waals surface area contributed by atoms with E-state index in [0.717, 1.165) is 17.2 Å². The topological polar surface area (TPSA) is 75.6 Å². The van der Waals surface area contributed by atoms with Crippen molar-refractivity contribution in [2.45, 2.75) is 13.5 Å². The fourth-order valence-corrected chi connectivity index (χ4v) is 1.42. The van der Waals surface area contributed by atoms with Crippen molar-refractivity contribution >= 4 is 18.0 Å². The van der Waals surface area contributed by atoms with E-state index in [2.05, 4.69) is 5.32 Å². The van der Waals surface area contributed by atoms with Crippen LogP contribution in [0.4, 0.5) is 0 Å². The van der Waals surface area contributed by atoms with Gasteiger partial charge in [-0.1, -0.05) is 18.2 Å². The molecule has 0 aliphatic heterocycles. The zero-order valence-electron chi connectivity index (χ0n) is 10.8.